The van der Waals surface area contributed by atoms with E-state index in [2.05, 4.69) is 34.1 Å². The van der Waals surface area contributed by atoms with Crippen molar-refractivity contribution < 1.29 is 9.90 Å². The highest BCUT2D eigenvalue weighted by Gasteiger charge is 2.23. The molecule has 1 amide bonds. The number of aromatic nitrogens is 1. The van der Waals surface area contributed by atoms with Crippen LogP contribution < -0.4 is 5.32 Å². The van der Waals surface area contributed by atoms with Gasteiger partial charge in [-0.25, -0.2) is 0 Å². The minimum Gasteiger partial charge on any atom is -0.394 e. The highest BCUT2D eigenvalue weighted by Crippen LogP contribution is 2.34. The molecule has 142 valence electrons. The molecule has 0 fully saturated rings. The molecule has 0 bridgehead atoms. The van der Waals surface area contributed by atoms with Gasteiger partial charge in [-0.1, -0.05) is 48.5 Å². The number of carbonyl (C=O) groups excluding carboxylic acids is 1. The fraction of sp³-hybridized carbons (Fsp3) is 0.318. The summed E-state index contributed by atoms with van der Waals surface area (Å²) >= 11 is 1.67. The lowest BCUT2D eigenvalue weighted by molar-refractivity contribution is -0.122. The number of aliphatic hydroxyl groups excluding tert-OH is 1. The Bertz CT molecular complexity index is 932. The number of fused-ring (bicyclic) bond motifs is 1. The summed E-state index contributed by atoms with van der Waals surface area (Å²) in [5.41, 5.74) is 2.71. The summed E-state index contributed by atoms with van der Waals surface area (Å²) in [6.07, 6.45) is 2.33. The zero-order chi connectivity index (χ0) is 19.4. The number of carbonyl (C=O) groups is 1. The third kappa shape index (κ3) is 4.37. The second-order valence-electron chi connectivity index (χ2n) is 7.34. The number of aliphatic hydroxyl groups is 1. The number of amides is 1. The van der Waals surface area contributed by atoms with Crippen molar-refractivity contribution in [3.63, 3.8) is 0 Å². The van der Waals surface area contributed by atoms with Gasteiger partial charge in [0.2, 0.25) is 5.91 Å². The van der Waals surface area contributed by atoms with E-state index in [1.165, 1.54) is 10.9 Å². The molecule has 3 rings (SSSR count). The normalized spacial score (nSPS) is 11.7. The van der Waals surface area contributed by atoms with Crippen LogP contribution in [0, 0.1) is 0 Å². The van der Waals surface area contributed by atoms with Gasteiger partial charge in [0.25, 0.3) is 0 Å². The summed E-state index contributed by atoms with van der Waals surface area (Å²) in [6, 6.07) is 18.6. The molecule has 2 aromatic carbocycles. The summed E-state index contributed by atoms with van der Waals surface area (Å²) in [5.74, 6) is -0.0820. The molecule has 3 aromatic rings. The van der Waals surface area contributed by atoms with Crippen molar-refractivity contribution in [2.75, 3.05) is 12.9 Å². The second-order valence-corrected chi connectivity index (χ2v) is 8.15. The van der Waals surface area contributed by atoms with Gasteiger partial charge in [-0.05, 0) is 31.7 Å². The third-order valence-corrected chi connectivity index (χ3v) is 5.48. The van der Waals surface area contributed by atoms with E-state index < -0.39 is 5.54 Å². The van der Waals surface area contributed by atoms with Crippen molar-refractivity contribution in [3.05, 3.63) is 65.9 Å². The van der Waals surface area contributed by atoms with Crippen LogP contribution in [0.2, 0.25) is 0 Å². The van der Waals surface area contributed by atoms with E-state index in [0.29, 0.717) is 6.54 Å². The molecule has 27 heavy (non-hydrogen) atoms. The molecule has 2 N–H and O–H groups in total. The number of hydrogen-bond donors (Lipinski definition) is 2. The van der Waals surface area contributed by atoms with Crippen LogP contribution in [0.25, 0.3) is 10.9 Å². The van der Waals surface area contributed by atoms with Crippen molar-refractivity contribution in [1.29, 1.82) is 0 Å². The van der Waals surface area contributed by atoms with Crippen LogP contribution in [0.1, 0.15) is 25.1 Å². The molecule has 0 saturated heterocycles. The van der Waals surface area contributed by atoms with Crippen LogP contribution in [0.15, 0.2) is 59.5 Å². The average Bonchev–Trinajstić information content (AvgIpc) is 2.95. The Morgan fingerprint density at radius 3 is 2.44 bits per heavy atom. The summed E-state index contributed by atoms with van der Waals surface area (Å²) in [4.78, 5) is 13.8. The van der Waals surface area contributed by atoms with E-state index in [4.69, 9.17) is 0 Å². The fourth-order valence-electron chi connectivity index (χ4n) is 3.29. The highest BCUT2D eigenvalue weighted by molar-refractivity contribution is 7.98. The molecule has 0 saturated carbocycles. The van der Waals surface area contributed by atoms with E-state index in [0.717, 1.165) is 16.1 Å². The second kappa shape index (κ2) is 8.19. The first-order chi connectivity index (χ1) is 12.9. The number of nitrogens with one attached hydrogen (secondary N) is 1. The Labute approximate surface area is 164 Å². The van der Waals surface area contributed by atoms with Crippen molar-refractivity contribution in [1.82, 2.24) is 9.88 Å². The smallest absolute Gasteiger partial charge is 0.226 e. The molecular weight excluding hydrogens is 356 g/mol. The maximum Gasteiger partial charge on any atom is 0.226 e. The zero-order valence-corrected chi connectivity index (χ0v) is 16.8. The van der Waals surface area contributed by atoms with Gasteiger partial charge in [-0.2, -0.15) is 0 Å². The van der Waals surface area contributed by atoms with E-state index in [1.54, 1.807) is 11.8 Å². The molecule has 0 unspecified atom stereocenters. The lowest BCUT2D eigenvalue weighted by Gasteiger charge is -2.24. The predicted molar refractivity (Wildman–Crippen MR) is 112 cm³/mol. The van der Waals surface area contributed by atoms with Crippen molar-refractivity contribution in [3.8, 4) is 0 Å². The molecule has 0 aliphatic rings. The summed E-state index contributed by atoms with van der Waals surface area (Å²) in [6.45, 7) is 4.26. The van der Waals surface area contributed by atoms with E-state index >= 15 is 0 Å². The summed E-state index contributed by atoms with van der Waals surface area (Å²) in [5, 5.41) is 13.6. The third-order valence-electron chi connectivity index (χ3n) is 4.62. The standard InChI is InChI=1S/C22H26N2O2S/c1-22(2,15-25)23-20(26)13-19-21(27-3)17-11-7-8-12-18(17)24(19)14-16-9-5-4-6-10-16/h4-12,25H,13-15H2,1-3H3,(H,23,26). The van der Waals surface area contributed by atoms with Crippen LogP contribution in [0.5, 0.6) is 0 Å². The van der Waals surface area contributed by atoms with Gasteiger partial charge in [-0.15, -0.1) is 11.8 Å². The van der Waals surface area contributed by atoms with Gasteiger partial charge >= 0.3 is 0 Å². The maximum absolute atomic E-state index is 12.7. The van der Waals surface area contributed by atoms with Crippen molar-refractivity contribution in [2.24, 2.45) is 0 Å². The number of hydrogen-bond acceptors (Lipinski definition) is 3. The van der Waals surface area contributed by atoms with Crippen molar-refractivity contribution >= 4 is 28.6 Å². The van der Waals surface area contributed by atoms with E-state index in [-0.39, 0.29) is 18.9 Å². The lowest BCUT2D eigenvalue weighted by Crippen LogP contribution is -2.47. The van der Waals surface area contributed by atoms with Crippen LogP contribution in [0.3, 0.4) is 0 Å². The molecule has 5 heteroatoms. The van der Waals surface area contributed by atoms with Crippen LogP contribution in [-0.4, -0.2) is 34.0 Å². The monoisotopic (exact) mass is 382 g/mol. The minimum absolute atomic E-state index is 0.0820. The lowest BCUT2D eigenvalue weighted by atomic mass is 10.1. The summed E-state index contributed by atoms with van der Waals surface area (Å²) in [7, 11) is 0. The predicted octanol–water partition coefficient (Wildman–Crippen LogP) is 3.84. The molecule has 0 atom stereocenters. The van der Waals surface area contributed by atoms with Crippen molar-refractivity contribution in [2.45, 2.75) is 37.2 Å². The number of nitrogens with zero attached hydrogens (tertiary/aromatic N) is 1. The number of benzene rings is 2. The topological polar surface area (TPSA) is 54.3 Å². The number of rotatable bonds is 7. The van der Waals surface area contributed by atoms with Gasteiger partial charge in [0, 0.05) is 28.0 Å². The minimum atomic E-state index is -0.632. The molecule has 0 spiro atoms. The van der Waals surface area contributed by atoms with E-state index in [1.807, 2.05) is 50.4 Å². The molecule has 0 radical (unpaired) electrons. The van der Waals surface area contributed by atoms with Gasteiger partial charge < -0.3 is 15.0 Å². The molecule has 0 aliphatic heterocycles. The first kappa shape index (κ1) is 19.5. The average molecular weight is 383 g/mol. The van der Waals surface area contributed by atoms with Crippen LogP contribution >= 0.6 is 11.8 Å². The largest absolute Gasteiger partial charge is 0.394 e. The Morgan fingerprint density at radius 2 is 1.78 bits per heavy atom. The van der Waals surface area contributed by atoms with E-state index in [9.17, 15) is 9.90 Å². The highest BCUT2D eigenvalue weighted by atomic mass is 32.2. The SMILES string of the molecule is CSc1c(CC(=O)NC(C)(C)CO)n(Cc2ccccc2)c2ccccc12. The quantitative estimate of drug-likeness (QED) is 0.611. The molecule has 0 aliphatic carbocycles. The van der Waals surface area contributed by atoms with Crippen LogP contribution in [0.4, 0.5) is 0 Å². The van der Waals surface area contributed by atoms with Gasteiger partial charge in [0.15, 0.2) is 0 Å². The fourth-order valence-corrected chi connectivity index (χ4v) is 4.10. The summed E-state index contributed by atoms with van der Waals surface area (Å²) < 4.78 is 2.24. The molecule has 4 nitrogen and oxygen atoms in total. The number of thioether (sulfide) groups is 1. The first-order valence-corrected chi connectivity index (χ1v) is 10.3. The van der Waals surface area contributed by atoms with Gasteiger partial charge in [-0.3, -0.25) is 4.79 Å². The first-order valence-electron chi connectivity index (χ1n) is 9.05. The number of para-hydroxylation sites is 1. The zero-order valence-electron chi connectivity index (χ0n) is 16.0. The maximum atomic E-state index is 12.7. The van der Waals surface area contributed by atoms with Gasteiger partial charge in [0.1, 0.15) is 0 Å². The molecular formula is C22H26N2O2S. The Balaban J connectivity index is 2.04. The Hall–Kier alpha value is -2.24. The van der Waals surface area contributed by atoms with Crippen LogP contribution in [-0.2, 0) is 17.8 Å². The molecule has 1 aromatic heterocycles. The molecule has 1 heterocycles. The Kier molecular flexibility index (Phi) is 5.92. The Morgan fingerprint density at radius 1 is 1.11 bits per heavy atom. The van der Waals surface area contributed by atoms with Gasteiger partial charge in [0.05, 0.1) is 18.6 Å².